The minimum Gasteiger partial charge on any atom is -0.493 e. The maximum absolute atomic E-state index is 12.4. The van der Waals surface area contributed by atoms with E-state index in [1.807, 2.05) is 26.0 Å². The predicted molar refractivity (Wildman–Crippen MR) is 92.1 cm³/mol. The summed E-state index contributed by atoms with van der Waals surface area (Å²) in [4.78, 5) is 24.2. The van der Waals surface area contributed by atoms with E-state index in [9.17, 15) is 4.79 Å². The molecule has 1 aromatic heterocycles. The van der Waals surface area contributed by atoms with Gasteiger partial charge in [0.05, 0.1) is 18.2 Å². The smallest absolute Gasteiger partial charge is 0.258 e. The van der Waals surface area contributed by atoms with Crippen molar-refractivity contribution in [1.29, 1.82) is 0 Å². The summed E-state index contributed by atoms with van der Waals surface area (Å²) < 4.78 is 5.26. The number of allylic oxidation sites excluding steroid dienone is 2. The van der Waals surface area contributed by atoms with E-state index in [1.54, 1.807) is 38.4 Å². The number of nitrogens with zero attached hydrogens (tertiary/aromatic N) is 2. The molecule has 0 aliphatic carbocycles. The number of H-pyrrole nitrogens is 1. The summed E-state index contributed by atoms with van der Waals surface area (Å²) in [6.07, 6.45) is 5.23. The molecule has 0 spiro atoms. The third-order valence-corrected chi connectivity index (χ3v) is 3.18. The van der Waals surface area contributed by atoms with Crippen molar-refractivity contribution < 1.29 is 9.53 Å². The van der Waals surface area contributed by atoms with Gasteiger partial charge in [0.2, 0.25) is 0 Å². The molecule has 1 heterocycles. The van der Waals surface area contributed by atoms with Gasteiger partial charge in [-0.1, -0.05) is 12.1 Å². The number of aliphatic imine (C=N–C) groups is 1. The minimum absolute atomic E-state index is 0.251. The number of nitrogens with one attached hydrogen (secondary N) is 2. The van der Waals surface area contributed by atoms with E-state index >= 15 is 0 Å². The van der Waals surface area contributed by atoms with Crippen molar-refractivity contribution in [2.45, 2.75) is 20.8 Å². The first-order chi connectivity index (χ1) is 11.1. The summed E-state index contributed by atoms with van der Waals surface area (Å²) in [7, 11) is 1.58. The molecular weight excluding hydrogens is 292 g/mol. The van der Waals surface area contributed by atoms with Gasteiger partial charge in [0.1, 0.15) is 11.4 Å². The molecule has 23 heavy (non-hydrogen) atoms. The van der Waals surface area contributed by atoms with Crippen LogP contribution < -0.4 is 5.32 Å². The largest absolute Gasteiger partial charge is 0.493 e. The Balaban J connectivity index is 2.39. The van der Waals surface area contributed by atoms with Crippen LogP contribution in [0.4, 0.5) is 0 Å². The maximum atomic E-state index is 12.4. The lowest BCUT2D eigenvalue weighted by atomic mass is 10.1. The number of rotatable bonds is 4. The number of methoxy groups -OCH3 is 1. The summed E-state index contributed by atoms with van der Waals surface area (Å²) in [5, 5.41) is 2.75. The Morgan fingerprint density at radius 2 is 2.17 bits per heavy atom. The Bertz CT molecular complexity index is 800. The second kappa shape index (κ2) is 7.40. The molecule has 0 radical (unpaired) electrons. The topological polar surface area (TPSA) is 79.4 Å². The van der Waals surface area contributed by atoms with Crippen LogP contribution in [0.15, 0.2) is 41.5 Å². The average molecular weight is 312 g/mol. The molecule has 6 nitrogen and oxygen atoms in total. The molecule has 2 aromatic rings. The van der Waals surface area contributed by atoms with Gasteiger partial charge in [-0.15, -0.1) is 0 Å². The summed E-state index contributed by atoms with van der Waals surface area (Å²) in [5.41, 5.74) is 1.84. The van der Waals surface area contributed by atoms with E-state index in [2.05, 4.69) is 20.3 Å². The van der Waals surface area contributed by atoms with E-state index in [-0.39, 0.29) is 5.91 Å². The van der Waals surface area contributed by atoms with E-state index in [0.717, 1.165) is 5.52 Å². The van der Waals surface area contributed by atoms with Crippen molar-refractivity contribution in [3.8, 4) is 0 Å². The van der Waals surface area contributed by atoms with Crippen LogP contribution in [0.3, 0.4) is 0 Å². The Morgan fingerprint density at radius 1 is 1.39 bits per heavy atom. The summed E-state index contributed by atoms with van der Waals surface area (Å²) in [5.74, 6) is 1.48. The fraction of sp³-hybridized carbons (Fsp3) is 0.235. The molecule has 0 fully saturated rings. The molecule has 2 rings (SSSR count). The van der Waals surface area contributed by atoms with Crippen LogP contribution in [-0.4, -0.2) is 28.8 Å². The Kier molecular flexibility index (Phi) is 5.30. The number of imidazole rings is 1. The monoisotopic (exact) mass is 312 g/mol. The van der Waals surface area contributed by atoms with Crippen molar-refractivity contribution in [2.24, 2.45) is 4.99 Å². The number of amidine groups is 1. The van der Waals surface area contributed by atoms with Gasteiger partial charge < -0.3 is 15.0 Å². The van der Waals surface area contributed by atoms with Crippen molar-refractivity contribution in [2.75, 3.05) is 7.11 Å². The zero-order chi connectivity index (χ0) is 16.8. The van der Waals surface area contributed by atoms with Crippen LogP contribution in [0.25, 0.3) is 16.8 Å². The van der Waals surface area contributed by atoms with Gasteiger partial charge in [0, 0.05) is 6.20 Å². The maximum Gasteiger partial charge on any atom is 0.258 e. The highest BCUT2D eigenvalue weighted by molar-refractivity contribution is 6.11. The average Bonchev–Trinajstić information content (AvgIpc) is 2.97. The number of amides is 1. The predicted octanol–water partition coefficient (Wildman–Crippen LogP) is 3.25. The number of carbonyl (C=O) groups excluding carboxylic acids is 1. The molecule has 0 atom stereocenters. The van der Waals surface area contributed by atoms with Gasteiger partial charge in [-0.2, -0.15) is 0 Å². The Labute approximate surface area is 135 Å². The molecule has 1 aromatic carbocycles. The van der Waals surface area contributed by atoms with Crippen LogP contribution in [0.1, 0.15) is 37.0 Å². The summed E-state index contributed by atoms with van der Waals surface area (Å²) in [6, 6.07) is 5.40. The fourth-order valence-corrected chi connectivity index (χ4v) is 2.13. The molecule has 0 aliphatic rings. The first-order valence-corrected chi connectivity index (χ1v) is 7.27. The first-order valence-electron chi connectivity index (χ1n) is 7.27. The number of hydrogen-bond acceptors (Lipinski definition) is 4. The van der Waals surface area contributed by atoms with E-state index in [1.165, 1.54) is 0 Å². The van der Waals surface area contributed by atoms with E-state index < -0.39 is 0 Å². The number of hydrogen-bond donors (Lipinski definition) is 2. The third-order valence-electron chi connectivity index (χ3n) is 3.18. The zero-order valence-electron chi connectivity index (χ0n) is 13.7. The van der Waals surface area contributed by atoms with Crippen LogP contribution >= 0.6 is 0 Å². The Morgan fingerprint density at radius 3 is 2.83 bits per heavy atom. The highest BCUT2D eigenvalue weighted by atomic mass is 16.5. The van der Waals surface area contributed by atoms with E-state index in [4.69, 9.17) is 4.74 Å². The molecule has 2 N–H and O–H groups in total. The zero-order valence-corrected chi connectivity index (χ0v) is 13.7. The van der Waals surface area contributed by atoms with Crippen LogP contribution in [-0.2, 0) is 4.74 Å². The number of fused-ring (bicyclic) bond motifs is 1. The van der Waals surface area contributed by atoms with Crippen molar-refractivity contribution >= 4 is 28.5 Å². The standard InChI is InChI=1S/C17H20N4O2/c1-5-10-18-11(3)19-17(22)12-8-7-9-13-15(12)21-16(20-13)14(6-2)23-4/h5-10H,1-4H3,(H,20,21)(H,18,19,22)/b10-5-,14-6-. The van der Waals surface area contributed by atoms with Crippen LogP contribution in [0.5, 0.6) is 0 Å². The molecular formula is C17H20N4O2. The second-order valence-electron chi connectivity index (χ2n) is 4.80. The van der Waals surface area contributed by atoms with Gasteiger partial charge in [-0.3, -0.25) is 4.79 Å². The van der Waals surface area contributed by atoms with Gasteiger partial charge >= 0.3 is 0 Å². The number of aromatic nitrogens is 2. The lowest BCUT2D eigenvalue weighted by Gasteiger charge is -2.04. The SMILES string of the molecule is C/C=C\N=C(C)NC(=O)c1cccc2[nH]c(/C(=C/C)OC)nc12. The third kappa shape index (κ3) is 3.66. The van der Waals surface area contributed by atoms with Crippen LogP contribution in [0.2, 0.25) is 0 Å². The quantitative estimate of drug-likeness (QED) is 0.516. The molecule has 1 amide bonds. The highest BCUT2D eigenvalue weighted by Gasteiger charge is 2.15. The number of aromatic amines is 1. The normalized spacial score (nSPS) is 12.9. The molecule has 120 valence electrons. The number of carbonyl (C=O) groups is 1. The highest BCUT2D eigenvalue weighted by Crippen LogP contribution is 2.20. The van der Waals surface area contributed by atoms with Crippen molar-refractivity contribution in [3.63, 3.8) is 0 Å². The van der Waals surface area contributed by atoms with Crippen molar-refractivity contribution in [3.05, 3.63) is 47.9 Å². The first kappa shape index (κ1) is 16.5. The number of benzene rings is 1. The summed E-state index contributed by atoms with van der Waals surface area (Å²) in [6.45, 7) is 5.46. The van der Waals surface area contributed by atoms with Gasteiger partial charge in [-0.05, 0) is 39.0 Å². The van der Waals surface area contributed by atoms with Gasteiger partial charge in [-0.25, -0.2) is 9.98 Å². The number of para-hydroxylation sites is 1. The molecule has 0 saturated heterocycles. The summed E-state index contributed by atoms with van der Waals surface area (Å²) >= 11 is 0. The molecule has 0 saturated carbocycles. The molecule has 0 bridgehead atoms. The van der Waals surface area contributed by atoms with Crippen molar-refractivity contribution in [1.82, 2.24) is 15.3 Å². The molecule has 0 unspecified atom stereocenters. The van der Waals surface area contributed by atoms with Gasteiger partial charge in [0.15, 0.2) is 11.6 Å². The van der Waals surface area contributed by atoms with Gasteiger partial charge in [0.25, 0.3) is 5.91 Å². The number of ether oxygens (including phenoxy) is 1. The van der Waals surface area contributed by atoms with Crippen LogP contribution in [0, 0.1) is 0 Å². The fourth-order valence-electron chi connectivity index (χ4n) is 2.13. The molecule has 0 aliphatic heterocycles. The second-order valence-corrected chi connectivity index (χ2v) is 4.80. The lowest BCUT2D eigenvalue weighted by molar-refractivity contribution is 0.0978. The Hall–Kier alpha value is -2.89. The minimum atomic E-state index is -0.251. The lowest BCUT2D eigenvalue weighted by Crippen LogP contribution is -2.28. The molecule has 6 heteroatoms. The van der Waals surface area contributed by atoms with E-state index in [0.29, 0.717) is 28.5 Å².